The molecule has 34 heavy (non-hydrogen) atoms. The molecule has 0 saturated carbocycles. The first-order valence-corrected chi connectivity index (χ1v) is 12.4. The summed E-state index contributed by atoms with van der Waals surface area (Å²) in [5.74, 6) is -1.44. The van der Waals surface area contributed by atoms with E-state index >= 15 is 4.39 Å². The number of aromatic nitrogens is 4. The van der Waals surface area contributed by atoms with Gasteiger partial charge in [0.25, 0.3) is 0 Å². The highest BCUT2D eigenvalue weighted by molar-refractivity contribution is 7.89. The molecule has 2 aliphatic heterocycles. The third kappa shape index (κ3) is 3.30. The number of halogens is 2. The van der Waals surface area contributed by atoms with Crippen LogP contribution in [-0.2, 0) is 23.0 Å². The Labute approximate surface area is 194 Å². The summed E-state index contributed by atoms with van der Waals surface area (Å²) in [4.78, 5) is 8.82. The van der Waals surface area contributed by atoms with Crippen LogP contribution in [0.15, 0.2) is 41.4 Å². The summed E-state index contributed by atoms with van der Waals surface area (Å²) < 4.78 is 56.8. The van der Waals surface area contributed by atoms with Gasteiger partial charge in [0.05, 0.1) is 16.7 Å². The summed E-state index contributed by atoms with van der Waals surface area (Å²) in [5, 5.41) is 10.2. The third-order valence-corrected chi connectivity index (χ3v) is 8.30. The average Bonchev–Trinajstić information content (AvgIpc) is 3.21. The molecule has 0 aliphatic carbocycles. The number of hydrogen-bond acceptors (Lipinski definition) is 6. The van der Waals surface area contributed by atoms with Crippen molar-refractivity contribution in [3.8, 4) is 22.6 Å². The van der Waals surface area contributed by atoms with Gasteiger partial charge in [-0.25, -0.2) is 27.2 Å². The molecular formula is C23H20F2N6O2S. The van der Waals surface area contributed by atoms with Crippen LogP contribution in [0.25, 0.3) is 33.7 Å². The number of aromatic amines is 1. The van der Waals surface area contributed by atoms with Crippen LogP contribution in [0.1, 0.15) is 17.5 Å². The van der Waals surface area contributed by atoms with Crippen LogP contribution in [-0.4, -0.2) is 52.5 Å². The fourth-order valence-electron chi connectivity index (χ4n) is 4.36. The van der Waals surface area contributed by atoms with Gasteiger partial charge in [0.15, 0.2) is 5.82 Å². The number of nitrogens with one attached hydrogen (secondary N) is 2. The van der Waals surface area contributed by atoms with Crippen molar-refractivity contribution in [1.82, 2.24) is 29.8 Å². The lowest BCUT2D eigenvalue weighted by molar-refractivity contribution is 0.309. The summed E-state index contributed by atoms with van der Waals surface area (Å²) in [5.41, 5.74) is 2.75. The monoisotopic (exact) mass is 482 g/mol. The van der Waals surface area contributed by atoms with E-state index in [0.717, 1.165) is 6.42 Å². The molecule has 4 aromatic rings. The van der Waals surface area contributed by atoms with Crippen LogP contribution in [0.2, 0.25) is 0 Å². The van der Waals surface area contributed by atoms with Crippen molar-refractivity contribution < 1.29 is 17.2 Å². The van der Waals surface area contributed by atoms with Gasteiger partial charge in [-0.1, -0.05) is 12.1 Å². The van der Waals surface area contributed by atoms with Crippen molar-refractivity contribution in [2.45, 2.75) is 24.3 Å². The highest BCUT2D eigenvalue weighted by Gasteiger charge is 2.29. The van der Waals surface area contributed by atoms with Gasteiger partial charge >= 0.3 is 0 Å². The van der Waals surface area contributed by atoms with E-state index in [1.165, 1.54) is 28.7 Å². The van der Waals surface area contributed by atoms with E-state index in [1.54, 1.807) is 12.1 Å². The molecule has 0 spiro atoms. The molecule has 2 aliphatic rings. The first-order valence-electron chi connectivity index (χ1n) is 11.0. The number of rotatable bonds is 4. The zero-order chi connectivity index (χ0) is 23.4. The van der Waals surface area contributed by atoms with E-state index in [0.29, 0.717) is 66.0 Å². The van der Waals surface area contributed by atoms with Crippen molar-refractivity contribution in [3.63, 3.8) is 0 Å². The first kappa shape index (κ1) is 21.3. The van der Waals surface area contributed by atoms with Crippen molar-refractivity contribution in [1.29, 1.82) is 0 Å². The van der Waals surface area contributed by atoms with Gasteiger partial charge in [-0.15, -0.1) is 0 Å². The van der Waals surface area contributed by atoms with E-state index in [1.807, 2.05) is 0 Å². The number of hydrogen-bond donors (Lipinski definition) is 2. The van der Waals surface area contributed by atoms with E-state index in [-0.39, 0.29) is 16.3 Å². The third-order valence-electron chi connectivity index (χ3n) is 6.39. The Morgan fingerprint density at radius 3 is 2.62 bits per heavy atom. The van der Waals surface area contributed by atoms with Gasteiger partial charge < -0.3 is 5.32 Å². The maximum atomic E-state index is 15.3. The zero-order valence-electron chi connectivity index (χ0n) is 18.0. The largest absolute Gasteiger partial charge is 0.312 e. The van der Waals surface area contributed by atoms with Crippen LogP contribution in [0.4, 0.5) is 8.78 Å². The molecule has 0 amide bonds. The molecule has 0 unspecified atom stereocenters. The SMILES string of the molecule is O=S(=O)(c1ccc(-c2n[nH]c3cnc(-c4c(F)cc5c(c4F)CNCC5)nc23)cc1)N1CCC1. The topological polar surface area (TPSA) is 104 Å². The van der Waals surface area contributed by atoms with Crippen molar-refractivity contribution >= 4 is 21.1 Å². The number of fused-ring (bicyclic) bond motifs is 2. The fourth-order valence-corrected chi connectivity index (χ4v) is 5.88. The molecule has 174 valence electrons. The molecule has 4 heterocycles. The Kier molecular flexibility index (Phi) is 4.94. The summed E-state index contributed by atoms with van der Waals surface area (Å²) in [7, 11) is -3.50. The van der Waals surface area contributed by atoms with Crippen molar-refractivity contribution in [2.75, 3.05) is 19.6 Å². The molecular weight excluding hydrogens is 462 g/mol. The number of sulfonamides is 1. The Morgan fingerprint density at radius 2 is 1.88 bits per heavy atom. The van der Waals surface area contributed by atoms with E-state index in [4.69, 9.17) is 0 Å². The standard InChI is InChI=1S/C23H20F2N6O2S/c24-17-10-14-6-7-26-11-16(14)20(25)19(17)23-27-12-18-22(28-23)21(30-29-18)13-2-4-15(5-3-13)34(32,33)31-8-1-9-31/h2-5,10,12,26H,1,6-9,11H2,(H,29,30). The highest BCUT2D eigenvalue weighted by atomic mass is 32.2. The number of benzene rings is 2. The molecule has 0 bridgehead atoms. The Morgan fingerprint density at radius 1 is 1.09 bits per heavy atom. The molecule has 1 fully saturated rings. The van der Waals surface area contributed by atoms with E-state index in [9.17, 15) is 12.8 Å². The van der Waals surface area contributed by atoms with Crippen LogP contribution < -0.4 is 5.32 Å². The molecule has 6 rings (SSSR count). The smallest absolute Gasteiger partial charge is 0.243 e. The molecule has 2 aromatic heterocycles. The van der Waals surface area contributed by atoms with Crippen LogP contribution in [0.5, 0.6) is 0 Å². The minimum atomic E-state index is -3.50. The predicted octanol–water partition coefficient (Wildman–Crippen LogP) is 3.01. The second-order valence-electron chi connectivity index (χ2n) is 8.42. The van der Waals surface area contributed by atoms with Crippen LogP contribution in [0, 0.1) is 11.6 Å². The second kappa shape index (κ2) is 7.90. The minimum Gasteiger partial charge on any atom is -0.312 e. The second-order valence-corrected chi connectivity index (χ2v) is 10.4. The van der Waals surface area contributed by atoms with Gasteiger partial charge in [-0.3, -0.25) is 5.10 Å². The van der Waals surface area contributed by atoms with E-state index < -0.39 is 21.7 Å². The average molecular weight is 483 g/mol. The summed E-state index contributed by atoms with van der Waals surface area (Å²) >= 11 is 0. The van der Waals surface area contributed by atoms with Crippen molar-refractivity contribution in [3.05, 3.63) is 59.3 Å². The maximum absolute atomic E-state index is 15.3. The van der Waals surface area contributed by atoms with Gasteiger partial charge in [0, 0.05) is 30.8 Å². The molecule has 1 saturated heterocycles. The summed E-state index contributed by atoms with van der Waals surface area (Å²) in [6.07, 6.45) is 2.85. The predicted molar refractivity (Wildman–Crippen MR) is 121 cm³/mol. The van der Waals surface area contributed by atoms with Gasteiger partial charge in [-0.2, -0.15) is 9.40 Å². The first-order chi connectivity index (χ1) is 16.4. The quantitative estimate of drug-likeness (QED) is 0.464. The summed E-state index contributed by atoms with van der Waals surface area (Å²) in [6, 6.07) is 7.71. The summed E-state index contributed by atoms with van der Waals surface area (Å²) in [6.45, 7) is 2.05. The molecule has 11 heteroatoms. The number of H-pyrrole nitrogens is 1. The maximum Gasteiger partial charge on any atom is 0.243 e. The Hall–Kier alpha value is -3.28. The lowest BCUT2D eigenvalue weighted by Crippen LogP contribution is -2.41. The molecule has 2 N–H and O–H groups in total. The number of nitrogens with zero attached hydrogens (tertiary/aromatic N) is 4. The molecule has 0 atom stereocenters. The van der Waals surface area contributed by atoms with Gasteiger partial charge in [-0.05, 0) is 43.1 Å². The Bertz CT molecular complexity index is 1530. The lowest BCUT2D eigenvalue weighted by atomic mass is 9.96. The highest BCUT2D eigenvalue weighted by Crippen LogP contribution is 2.32. The minimum absolute atomic E-state index is 0.0736. The van der Waals surface area contributed by atoms with Crippen LogP contribution >= 0.6 is 0 Å². The normalized spacial score (nSPS) is 16.4. The fraction of sp³-hybridized carbons (Fsp3) is 0.261. The Balaban J connectivity index is 1.41. The van der Waals surface area contributed by atoms with Gasteiger partial charge in [0.2, 0.25) is 10.0 Å². The lowest BCUT2D eigenvalue weighted by Gasteiger charge is -2.29. The van der Waals surface area contributed by atoms with Crippen molar-refractivity contribution in [2.24, 2.45) is 0 Å². The molecule has 2 aromatic carbocycles. The zero-order valence-corrected chi connectivity index (χ0v) is 18.8. The molecule has 0 radical (unpaired) electrons. The van der Waals surface area contributed by atoms with Gasteiger partial charge in [0.1, 0.15) is 28.4 Å². The van der Waals surface area contributed by atoms with E-state index in [2.05, 4.69) is 25.5 Å². The molecule has 8 nitrogen and oxygen atoms in total. The van der Waals surface area contributed by atoms with Crippen LogP contribution in [0.3, 0.4) is 0 Å².